The molecule has 0 radical (unpaired) electrons. The van der Waals surface area contributed by atoms with E-state index in [0.717, 1.165) is 25.8 Å². The van der Waals surface area contributed by atoms with E-state index >= 15 is 0 Å². The van der Waals surface area contributed by atoms with Gasteiger partial charge < -0.3 is 10.2 Å². The van der Waals surface area contributed by atoms with E-state index in [2.05, 4.69) is 12.2 Å². The minimum atomic E-state index is -0.221. The van der Waals surface area contributed by atoms with Crippen molar-refractivity contribution in [3.63, 3.8) is 0 Å². The van der Waals surface area contributed by atoms with Gasteiger partial charge in [0.05, 0.1) is 6.54 Å². The average molecular weight is 280 g/mol. The third-order valence-electron chi connectivity index (χ3n) is 4.35. The highest BCUT2D eigenvalue weighted by Gasteiger charge is 2.42. The van der Waals surface area contributed by atoms with E-state index in [1.54, 1.807) is 4.90 Å². The van der Waals surface area contributed by atoms with Crippen LogP contribution in [0.4, 0.5) is 0 Å². The predicted molar refractivity (Wildman–Crippen MR) is 79.2 cm³/mol. The highest BCUT2D eigenvalue weighted by Crippen LogP contribution is 2.34. The molecule has 4 nitrogen and oxygen atoms in total. The summed E-state index contributed by atoms with van der Waals surface area (Å²) in [5.74, 6) is 0.575. The molecular weight excluding hydrogens is 252 g/mol. The fraction of sp³-hybridized carbons (Fsp3) is 0.875. The summed E-state index contributed by atoms with van der Waals surface area (Å²) in [5.41, 5.74) is 0. The summed E-state index contributed by atoms with van der Waals surface area (Å²) >= 11 is 0. The van der Waals surface area contributed by atoms with Crippen LogP contribution in [-0.2, 0) is 9.59 Å². The van der Waals surface area contributed by atoms with Crippen LogP contribution >= 0.6 is 0 Å². The lowest BCUT2D eigenvalue weighted by atomic mass is 10.1. The van der Waals surface area contributed by atoms with Crippen molar-refractivity contribution in [2.24, 2.45) is 5.92 Å². The molecule has 2 fully saturated rings. The molecule has 1 unspecified atom stereocenters. The molecule has 0 aromatic heterocycles. The Balaban J connectivity index is 1.63. The smallest absolute Gasteiger partial charge is 0.245 e. The van der Waals surface area contributed by atoms with Crippen LogP contribution in [0.1, 0.15) is 64.7 Å². The molecule has 0 bridgehead atoms. The van der Waals surface area contributed by atoms with Crippen LogP contribution in [0.25, 0.3) is 0 Å². The molecule has 1 atom stereocenters. The van der Waals surface area contributed by atoms with Crippen LogP contribution in [0.3, 0.4) is 0 Å². The first-order valence-electron chi connectivity index (χ1n) is 8.30. The first kappa shape index (κ1) is 15.3. The van der Waals surface area contributed by atoms with Crippen LogP contribution in [0.15, 0.2) is 0 Å². The largest absolute Gasteiger partial charge is 0.342 e. The van der Waals surface area contributed by atoms with E-state index in [1.807, 2.05) is 0 Å². The lowest BCUT2D eigenvalue weighted by Gasteiger charge is -2.32. The molecule has 1 heterocycles. The van der Waals surface area contributed by atoms with Gasteiger partial charge >= 0.3 is 0 Å². The average Bonchev–Trinajstić information content (AvgIpc) is 3.25. The van der Waals surface area contributed by atoms with Gasteiger partial charge in [0, 0.05) is 6.54 Å². The molecule has 0 aromatic rings. The molecule has 114 valence electrons. The molecule has 1 aliphatic heterocycles. The van der Waals surface area contributed by atoms with Gasteiger partial charge in [0.15, 0.2) is 0 Å². The molecule has 1 N–H and O–H groups in total. The summed E-state index contributed by atoms with van der Waals surface area (Å²) < 4.78 is 0. The zero-order chi connectivity index (χ0) is 14.4. The quantitative estimate of drug-likeness (QED) is 0.660. The summed E-state index contributed by atoms with van der Waals surface area (Å²) in [6.07, 6.45) is 10.8. The molecule has 4 heteroatoms. The minimum Gasteiger partial charge on any atom is -0.342 e. The second kappa shape index (κ2) is 7.65. The molecule has 0 aromatic carbocycles. The van der Waals surface area contributed by atoms with Gasteiger partial charge in [0.1, 0.15) is 6.04 Å². The Labute approximate surface area is 122 Å². The van der Waals surface area contributed by atoms with Crippen molar-refractivity contribution in [2.75, 3.05) is 13.1 Å². The number of amides is 2. The molecule has 20 heavy (non-hydrogen) atoms. The third kappa shape index (κ3) is 4.50. The Morgan fingerprint density at radius 2 is 1.70 bits per heavy atom. The maximum Gasteiger partial charge on any atom is 0.245 e. The van der Waals surface area contributed by atoms with Crippen molar-refractivity contribution in [2.45, 2.75) is 70.8 Å². The van der Waals surface area contributed by atoms with Crippen molar-refractivity contribution in [1.82, 2.24) is 10.2 Å². The predicted octanol–water partition coefficient (Wildman–Crippen LogP) is 2.47. The monoisotopic (exact) mass is 280 g/mol. The van der Waals surface area contributed by atoms with Crippen LogP contribution in [0.2, 0.25) is 0 Å². The Hall–Kier alpha value is -1.06. The van der Waals surface area contributed by atoms with Gasteiger partial charge in [-0.3, -0.25) is 9.59 Å². The van der Waals surface area contributed by atoms with Crippen molar-refractivity contribution < 1.29 is 9.59 Å². The van der Waals surface area contributed by atoms with Gasteiger partial charge in [0.2, 0.25) is 11.8 Å². The number of nitrogens with one attached hydrogen (secondary N) is 1. The van der Waals surface area contributed by atoms with E-state index < -0.39 is 0 Å². The number of carbonyl (C=O) groups excluding carboxylic acids is 2. The SMILES string of the molecule is CCCCCCCCCN1CC(=O)NC(C2CC2)C1=O. The topological polar surface area (TPSA) is 49.4 Å². The maximum absolute atomic E-state index is 12.3. The zero-order valence-electron chi connectivity index (χ0n) is 12.7. The van der Waals surface area contributed by atoms with Crippen molar-refractivity contribution in [3.8, 4) is 0 Å². The lowest BCUT2D eigenvalue weighted by Crippen LogP contribution is -2.58. The van der Waals surface area contributed by atoms with Crippen molar-refractivity contribution in [1.29, 1.82) is 0 Å². The second-order valence-electron chi connectivity index (χ2n) is 6.26. The van der Waals surface area contributed by atoms with Gasteiger partial charge in [-0.25, -0.2) is 0 Å². The molecule has 2 aliphatic rings. The molecule has 1 aliphatic carbocycles. The summed E-state index contributed by atoms with van der Waals surface area (Å²) in [6.45, 7) is 3.24. The lowest BCUT2D eigenvalue weighted by molar-refractivity contribution is -0.144. The summed E-state index contributed by atoms with van der Waals surface area (Å²) in [4.78, 5) is 25.7. The number of carbonyl (C=O) groups is 2. The van der Waals surface area contributed by atoms with E-state index in [0.29, 0.717) is 5.92 Å². The van der Waals surface area contributed by atoms with Crippen molar-refractivity contribution >= 4 is 11.8 Å². The molecule has 2 rings (SSSR count). The van der Waals surface area contributed by atoms with Crippen LogP contribution in [0, 0.1) is 5.92 Å². The molecule has 0 spiro atoms. The fourth-order valence-corrected chi connectivity index (χ4v) is 2.93. The summed E-state index contributed by atoms with van der Waals surface area (Å²) in [5, 5.41) is 2.85. The van der Waals surface area contributed by atoms with Crippen LogP contribution in [-0.4, -0.2) is 35.8 Å². The number of piperazine rings is 1. The van der Waals surface area contributed by atoms with Gasteiger partial charge in [-0.15, -0.1) is 0 Å². The molecule has 1 saturated heterocycles. The van der Waals surface area contributed by atoms with Gasteiger partial charge in [-0.2, -0.15) is 0 Å². The normalized spacial score (nSPS) is 23.1. The van der Waals surface area contributed by atoms with E-state index in [9.17, 15) is 9.59 Å². The Kier molecular flexibility index (Phi) is 5.86. The van der Waals surface area contributed by atoms with Gasteiger partial charge in [-0.1, -0.05) is 45.4 Å². The maximum atomic E-state index is 12.3. The zero-order valence-corrected chi connectivity index (χ0v) is 12.7. The van der Waals surface area contributed by atoms with E-state index in [1.165, 1.54) is 38.5 Å². The standard InChI is InChI=1S/C16H28N2O2/c1-2-3-4-5-6-7-8-11-18-12-14(19)17-15(16(18)20)13-9-10-13/h13,15H,2-12H2,1H3,(H,17,19). The van der Waals surface area contributed by atoms with E-state index in [4.69, 9.17) is 0 Å². The number of rotatable bonds is 9. The number of hydrogen-bond donors (Lipinski definition) is 1. The fourth-order valence-electron chi connectivity index (χ4n) is 2.93. The summed E-state index contributed by atoms with van der Waals surface area (Å²) in [7, 11) is 0. The van der Waals surface area contributed by atoms with Gasteiger partial charge in [-0.05, 0) is 25.2 Å². The Bertz CT molecular complexity index is 339. The Morgan fingerprint density at radius 3 is 2.35 bits per heavy atom. The van der Waals surface area contributed by atoms with E-state index in [-0.39, 0.29) is 24.4 Å². The summed E-state index contributed by atoms with van der Waals surface area (Å²) in [6, 6.07) is -0.221. The number of hydrogen-bond acceptors (Lipinski definition) is 2. The number of nitrogens with zero attached hydrogens (tertiary/aromatic N) is 1. The van der Waals surface area contributed by atoms with Crippen LogP contribution in [0.5, 0.6) is 0 Å². The first-order valence-corrected chi connectivity index (χ1v) is 8.30. The molecule has 1 saturated carbocycles. The highest BCUT2D eigenvalue weighted by atomic mass is 16.2. The van der Waals surface area contributed by atoms with Gasteiger partial charge in [0.25, 0.3) is 0 Å². The second-order valence-corrected chi connectivity index (χ2v) is 6.26. The Morgan fingerprint density at radius 1 is 1.05 bits per heavy atom. The minimum absolute atomic E-state index is 0.0180. The first-order chi connectivity index (χ1) is 9.72. The number of unbranched alkanes of at least 4 members (excludes halogenated alkanes) is 6. The van der Waals surface area contributed by atoms with Crippen molar-refractivity contribution in [3.05, 3.63) is 0 Å². The van der Waals surface area contributed by atoms with Crippen LogP contribution < -0.4 is 5.32 Å². The molecular formula is C16H28N2O2. The highest BCUT2D eigenvalue weighted by molar-refractivity contribution is 5.95. The third-order valence-corrected chi connectivity index (χ3v) is 4.35. The molecule has 2 amide bonds.